The Kier molecular flexibility index (Phi) is 10.6. The summed E-state index contributed by atoms with van der Waals surface area (Å²) in [7, 11) is 0. The van der Waals surface area contributed by atoms with Gasteiger partial charge < -0.3 is 9.47 Å². The van der Waals surface area contributed by atoms with Gasteiger partial charge in [-0.2, -0.15) is 0 Å². The Morgan fingerprint density at radius 2 is 0.757 bits per heavy atom. The van der Waals surface area contributed by atoms with E-state index in [9.17, 15) is 0 Å². The van der Waals surface area contributed by atoms with Crippen molar-refractivity contribution in [2.45, 2.75) is 0 Å². The van der Waals surface area contributed by atoms with Gasteiger partial charge in [0.15, 0.2) is 0 Å². The van der Waals surface area contributed by atoms with Crippen LogP contribution in [0.1, 0.15) is 0 Å². The molecule has 0 saturated carbocycles. The van der Waals surface area contributed by atoms with E-state index in [2.05, 4.69) is 301 Å². The molecule has 0 aliphatic heterocycles. The number of hydrogen-bond donors (Lipinski definition) is 0. The SMILES string of the molecule is c1ccc(-c2c(-c3ccccc3)c3cc(-c4cccc(N(c5ccc(-c6cccc7ccccc67)cc5)c5ccccc5-c5ccc6c(c5)c5ccccc5n6-c5ccccc5)c4)ccc3c3ccccc23)cc1. The van der Waals surface area contributed by atoms with Crippen molar-refractivity contribution in [1.29, 1.82) is 0 Å². The van der Waals surface area contributed by atoms with E-state index in [0.29, 0.717) is 0 Å². The third kappa shape index (κ3) is 7.35. The number of aromatic nitrogens is 1. The van der Waals surface area contributed by atoms with Crippen LogP contribution >= 0.6 is 0 Å². The van der Waals surface area contributed by atoms with Gasteiger partial charge in [0.25, 0.3) is 0 Å². The van der Waals surface area contributed by atoms with Crippen LogP contribution in [0.2, 0.25) is 0 Å². The molecule has 0 radical (unpaired) electrons. The minimum Gasteiger partial charge on any atom is -0.310 e. The molecule has 0 atom stereocenters. The van der Waals surface area contributed by atoms with Gasteiger partial charge in [0.2, 0.25) is 0 Å². The number of hydrogen-bond acceptors (Lipinski definition) is 1. The summed E-state index contributed by atoms with van der Waals surface area (Å²) in [6.45, 7) is 0. The molecule has 346 valence electrons. The summed E-state index contributed by atoms with van der Waals surface area (Å²) in [6, 6.07) is 107. The summed E-state index contributed by atoms with van der Waals surface area (Å²) in [5.41, 5.74) is 18.7. The Morgan fingerprint density at radius 1 is 0.243 bits per heavy atom. The zero-order valence-electron chi connectivity index (χ0n) is 40.6. The standard InChI is InChI=1S/C72H48N2/c1-4-21-51(22-5-1)71-65-34-13-12-32-62(65)63-44-40-54(47-67(63)72(71)52-23-6-2-7-24-52)53-26-18-29-58(46-53)73(57-42-38-50(39-43-57)60-35-19-25-49-20-10-11-30-59(49)60)68-36-16-14-31-61(68)55-41-45-70-66(48-55)64-33-15-17-37-69(64)74(70)56-27-8-3-9-28-56/h1-48H. The van der Waals surface area contributed by atoms with Crippen LogP contribution in [0.5, 0.6) is 0 Å². The number of nitrogens with zero attached hydrogens (tertiary/aromatic N) is 2. The van der Waals surface area contributed by atoms with E-state index >= 15 is 0 Å². The Labute approximate surface area is 430 Å². The Hall–Kier alpha value is -9.76. The van der Waals surface area contributed by atoms with Crippen LogP contribution in [0.4, 0.5) is 17.1 Å². The summed E-state index contributed by atoms with van der Waals surface area (Å²) in [5, 5.41) is 9.90. The number of rotatable bonds is 9. The molecule has 14 rings (SSSR count). The molecule has 0 N–H and O–H groups in total. The summed E-state index contributed by atoms with van der Waals surface area (Å²) in [4.78, 5) is 2.45. The van der Waals surface area contributed by atoms with Gasteiger partial charge in [-0.3, -0.25) is 0 Å². The van der Waals surface area contributed by atoms with Crippen LogP contribution in [0.15, 0.2) is 291 Å². The van der Waals surface area contributed by atoms with Crippen molar-refractivity contribution in [3.8, 4) is 61.3 Å². The van der Waals surface area contributed by atoms with Gasteiger partial charge >= 0.3 is 0 Å². The summed E-state index contributed by atoms with van der Waals surface area (Å²) in [6.07, 6.45) is 0. The molecule has 2 heteroatoms. The Bertz CT molecular complexity index is 4400. The monoisotopic (exact) mass is 940 g/mol. The van der Waals surface area contributed by atoms with Crippen molar-refractivity contribution in [3.63, 3.8) is 0 Å². The van der Waals surface area contributed by atoms with E-state index in [1.54, 1.807) is 0 Å². The predicted molar refractivity (Wildman–Crippen MR) is 315 cm³/mol. The summed E-state index contributed by atoms with van der Waals surface area (Å²) >= 11 is 0. The van der Waals surface area contributed by atoms with Gasteiger partial charge in [-0.05, 0) is 149 Å². The van der Waals surface area contributed by atoms with Gasteiger partial charge in [0.05, 0.1) is 16.7 Å². The maximum atomic E-state index is 2.45. The first-order valence-electron chi connectivity index (χ1n) is 25.5. The molecule has 74 heavy (non-hydrogen) atoms. The minimum absolute atomic E-state index is 1.07. The fourth-order valence-corrected chi connectivity index (χ4v) is 11.6. The molecule has 1 aromatic heterocycles. The van der Waals surface area contributed by atoms with Crippen LogP contribution in [0.25, 0.3) is 115 Å². The van der Waals surface area contributed by atoms with Crippen LogP contribution in [-0.2, 0) is 0 Å². The average Bonchev–Trinajstić information content (AvgIpc) is 3.84. The lowest BCUT2D eigenvalue weighted by molar-refractivity contribution is 1.18. The molecule has 0 aliphatic carbocycles. The molecule has 2 nitrogen and oxygen atoms in total. The highest BCUT2D eigenvalue weighted by molar-refractivity contribution is 6.22. The molecular weight excluding hydrogens is 893 g/mol. The maximum Gasteiger partial charge on any atom is 0.0541 e. The van der Waals surface area contributed by atoms with Crippen LogP contribution in [0, 0.1) is 0 Å². The first-order valence-corrected chi connectivity index (χ1v) is 25.5. The van der Waals surface area contributed by atoms with Crippen LogP contribution in [0.3, 0.4) is 0 Å². The lowest BCUT2D eigenvalue weighted by Gasteiger charge is -2.28. The molecule has 0 amide bonds. The fourth-order valence-electron chi connectivity index (χ4n) is 11.6. The highest BCUT2D eigenvalue weighted by Crippen LogP contribution is 2.48. The number of benzene rings is 13. The van der Waals surface area contributed by atoms with Gasteiger partial charge in [-0.15, -0.1) is 0 Å². The second kappa shape index (κ2) is 18.1. The molecule has 14 aromatic rings. The first kappa shape index (κ1) is 43.1. The molecule has 0 saturated heterocycles. The maximum absolute atomic E-state index is 2.45. The normalized spacial score (nSPS) is 11.5. The van der Waals surface area contributed by atoms with Crippen molar-refractivity contribution in [3.05, 3.63) is 291 Å². The number of anilines is 3. The largest absolute Gasteiger partial charge is 0.310 e. The Morgan fingerprint density at radius 3 is 1.54 bits per heavy atom. The molecular formula is C72H48N2. The summed E-state index contributed by atoms with van der Waals surface area (Å²) < 4.78 is 2.39. The smallest absolute Gasteiger partial charge is 0.0541 e. The van der Waals surface area contributed by atoms with E-state index in [1.807, 2.05) is 0 Å². The average molecular weight is 941 g/mol. The molecule has 13 aromatic carbocycles. The van der Waals surface area contributed by atoms with Crippen LogP contribution < -0.4 is 4.90 Å². The van der Waals surface area contributed by atoms with E-state index in [0.717, 1.165) is 45.0 Å². The zero-order valence-corrected chi connectivity index (χ0v) is 40.6. The van der Waals surface area contributed by atoms with E-state index < -0.39 is 0 Å². The second-order valence-corrected chi connectivity index (χ2v) is 19.2. The second-order valence-electron chi connectivity index (χ2n) is 19.2. The highest BCUT2D eigenvalue weighted by atomic mass is 15.1. The lowest BCUT2D eigenvalue weighted by atomic mass is 9.84. The van der Waals surface area contributed by atoms with Crippen molar-refractivity contribution in [1.82, 2.24) is 4.57 Å². The molecule has 0 fully saturated rings. The van der Waals surface area contributed by atoms with Crippen LogP contribution in [-0.4, -0.2) is 4.57 Å². The molecule has 0 bridgehead atoms. The summed E-state index contributed by atoms with van der Waals surface area (Å²) in [5.74, 6) is 0. The van der Waals surface area contributed by atoms with E-state index in [4.69, 9.17) is 0 Å². The predicted octanol–water partition coefficient (Wildman–Crippen LogP) is 20.0. The van der Waals surface area contributed by atoms with E-state index in [1.165, 1.54) is 87.5 Å². The number of fused-ring (bicyclic) bond motifs is 7. The van der Waals surface area contributed by atoms with Crippen molar-refractivity contribution >= 4 is 71.2 Å². The molecule has 1 heterocycles. The van der Waals surface area contributed by atoms with Crippen molar-refractivity contribution in [2.24, 2.45) is 0 Å². The van der Waals surface area contributed by atoms with Gasteiger partial charge in [0, 0.05) is 33.4 Å². The molecule has 0 spiro atoms. The van der Waals surface area contributed by atoms with E-state index in [-0.39, 0.29) is 0 Å². The van der Waals surface area contributed by atoms with Gasteiger partial charge in [-0.1, -0.05) is 224 Å². The fraction of sp³-hybridized carbons (Fsp3) is 0. The highest BCUT2D eigenvalue weighted by Gasteiger charge is 2.22. The lowest BCUT2D eigenvalue weighted by Crippen LogP contribution is -2.11. The third-order valence-corrected chi connectivity index (χ3v) is 15.0. The zero-order chi connectivity index (χ0) is 49.0. The quantitative estimate of drug-likeness (QED) is 0.131. The third-order valence-electron chi connectivity index (χ3n) is 15.0. The topological polar surface area (TPSA) is 8.17 Å². The first-order chi connectivity index (χ1) is 36.7. The minimum atomic E-state index is 1.07. The van der Waals surface area contributed by atoms with Gasteiger partial charge in [0.1, 0.15) is 0 Å². The Balaban J connectivity index is 0.959. The molecule has 0 aliphatic rings. The van der Waals surface area contributed by atoms with Crippen molar-refractivity contribution in [2.75, 3.05) is 4.90 Å². The van der Waals surface area contributed by atoms with Crippen molar-refractivity contribution < 1.29 is 0 Å². The molecule has 0 unspecified atom stereocenters. The number of para-hydroxylation sites is 3. The van der Waals surface area contributed by atoms with Gasteiger partial charge in [-0.25, -0.2) is 0 Å².